The van der Waals surface area contributed by atoms with Gasteiger partial charge < -0.3 is 46.8 Å². The normalized spacial score (nSPS) is 9.95. The van der Waals surface area contributed by atoms with Gasteiger partial charge in [0.25, 0.3) is 11.8 Å². The molecule has 21 nitrogen and oxygen atoms in total. The first kappa shape index (κ1) is 46.3. The molecular weight excluding hydrogens is 1080 g/mol. The molecule has 0 unspecified atom stereocenters. The highest BCUT2D eigenvalue weighted by molar-refractivity contribution is 15.0. The van der Waals surface area contributed by atoms with Crippen molar-refractivity contribution in [1.82, 2.24) is 48.8 Å². The van der Waals surface area contributed by atoms with Crippen LogP contribution in [0.25, 0.3) is 11.2 Å². The number of hydrogen-bond donors (Lipinski definition) is 5. The van der Waals surface area contributed by atoms with Gasteiger partial charge in [-0.15, -0.1) is 0 Å². The molecule has 0 aromatic carbocycles. The molecule has 0 saturated carbocycles. The number of aromatic nitrogens is 8. The molecule has 296 valence electrons. The quantitative estimate of drug-likeness (QED) is 0.0992. The van der Waals surface area contributed by atoms with Gasteiger partial charge >= 0.3 is 11.7 Å². The van der Waals surface area contributed by atoms with E-state index in [9.17, 15) is 14.4 Å². The van der Waals surface area contributed by atoms with E-state index in [0.29, 0.717) is 45.5 Å². The Bertz CT molecular complexity index is 2170. The van der Waals surface area contributed by atoms with E-state index in [1.807, 2.05) is 6.07 Å². The number of rotatable bonds is 10. The number of pyridine rings is 2. The molecule has 0 aliphatic heterocycles. The number of carbonyl (C=O) groups is 3. The number of ether oxygens (including phenoxy) is 2. The van der Waals surface area contributed by atoms with Gasteiger partial charge in [0, 0.05) is 91.4 Å². The van der Waals surface area contributed by atoms with E-state index in [4.69, 9.17) is 31.0 Å². The van der Waals surface area contributed by atoms with Crippen LogP contribution in [0.4, 0.5) is 16.4 Å². The summed E-state index contributed by atoms with van der Waals surface area (Å²) in [5, 5.41) is 8.92. The number of likely N-dealkylation sites (N-methyl/N-ethyl adjacent to an activating group) is 2. The number of hydrogen-bond acceptors (Lipinski definition) is 14. The Balaban J connectivity index is 0.000000486. The number of H-pyrrole nitrogens is 1. The van der Waals surface area contributed by atoms with E-state index in [1.165, 1.54) is 9.80 Å². The van der Waals surface area contributed by atoms with Gasteiger partial charge in [0.1, 0.15) is 23.2 Å². The summed E-state index contributed by atoms with van der Waals surface area (Å²) in [5.74, 6) is 0.855. The minimum absolute atomic E-state index is 0. The number of carbonyl (C=O) groups excluding carboxylic acids is 3. The molecule has 0 fully saturated rings. The lowest BCUT2D eigenvalue weighted by Gasteiger charge is -2.11. The van der Waals surface area contributed by atoms with Crippen LogP contribution >= 0.6 is 69.1 Å². The molecule has 5 rings (SSSR count). The van der Waals surface area contributed by atoms with Crippen LogP contribution < -0.4 is 38.1 Å². The molecule has 25 heteroatoms. The number of nitrogen functional groups attached to an aromatic ring is 2. The van der Waals surface area contributed by atoms with Crippen molar-refractivity contribution in [2.45, 2.75) is 13.1 Å². The minimum Gasteiger partial charge on any atom is -0.468 e. The predicted molar refractivity (Wildman–Crippen MR) is 228 cm³/mol. The summed E-state index contributed by atoms with van der Waals surface area (Å²) < 4.78 is 15.0. The fourth-order valence-corrected chi connectivity index (χ4v) is 4.86. The van der Waals surface area contributed by atoms with Gasteiger partial charge in [0.2, 0.25) is 11.8 Å². The fourth-order valence-electron chi connectivity index (χ4n) is 3.89. The molecule has 4 amide bonds. The molecule has 0 aliphatic rings. The molecule has 0 aliphatic carbocycles. The van der Waals surface area contributed by atoms with E-state index < -0.39 is 11.7 Å². The average Bonchev–Trinajstić information content (AvgIpc) is 3.60. The zero-order chi connectivity index (χ0) is 41.4. The standard InChI is InChI=1S/C15H16BrN7O3.C14H15BrN6O2.CH4N2O.I2.H2/c1-22(2)10(24)7-26-9-4-3-8(5-18-9)6-23-13-11(19-14(23)16)12(17)20-15(25)21-13;1-20(2)12(22)8-23-11-4-3-9(6-18-11)7-21-13(17)10(5-16)19-14(21)15;2-1(3)4;1-2;/h3-5H,6-7H2,1-2H3,(H3,17,20,21,25);3-4,6H,7-8,17H2,1-2H3;(H4,2,3,4);;1H. The Morgan fingerprint density at radius 1 is 0.855 bits per heavy atom. The second-order valence-corrected chi connectivity index (χ2v) is 12.4. The number of nitriles is 1. The van der Waals surface area contributed by atoms with Crippen molar-refractivity contribution < 1.29 is 25.3 Å². The fraction of sp³-hybridized carbons (Fsp3) is 0.267. The molecule has 0 radical (unpaired) electrons. The third-order valence-electron chi connectivity index (χ3n) is 6.63. The van der Waals surface area contributed by atoms with E-state index >= 15 is 0 Å². The zero-order valence-corrected chi connectivity index (χ0v) is 37.0. The Labute approximate surface area is 355 Å². The lowest BCUT2D eigenvalue weighted by atomic mass is 10.3. The summed E-state index contributed by atoms with van der Waals surface area (Å²) in [6.07, 6.45) is 3.23. The van der Waals surface area contributed by atoms with Crippen molar-refractivity contribution in [3.8, 4) is 17.8 Å². The van der Waals surface area contributed by atoms with E-state index in [2.05, 4.69) is 110 Å². The first-order chi connectivity index (χ1) is 26.0. The summed E-state index contributed by atoms with van der Waals surface area (Å²) in [6, 6.07) is 8.04. The number of fused-ring (bicyclic) bond motifs is 1. The van der Waals surface area contributed by atoms with E-state index in [-0.39, 0.29) is 43.8 Å². The van der Waals surface area contributed by atoms with Crippen molar-refractivity contribution >= 4 is 110 Å². The first-order valence-corrected chi connectivity index (χ1v) is 23.0. The number of amides is 4. The number of aromatic amines is 1. The molecule has 5 aromatic rings. The Kier molecular flexibility index (Phi) is 19.0. The highest BCUT2D eigenvalue weighted by Crippen LogP contribution is 2.23. The third-order valence-corrected chi connectivity index (χ3v) is 7.84. The van der Waals surface area contributed by atoms with Crippen molar-refractivity contribution in [2.75, 3.05) is 52.9 Å². The number of imidazole rings is 2. The van der Waals surface area contributed by atoms with Gasteiger partial charge in [-0.05, 0) is 43.0 Å². The van der Waals surface area contributed by atoms with E-state index in [1.54, 1.807) is 74.0 Å². The Morgan fingerprint density at radius 3 is 1.71 bits per heavy atom. The van der Waals surface area contributed by atoms with Crippen molar-refractivity contribution in [3.05, 3.63) is 73.4 Å². The van der Waals surface area contributed by atoms with Crippen LogP contribution in [-0.4, -0.2) is 108 Å². The molecule has 0 saturated heterocycles. The maximum Gasteiger partial charge on any atom is 0.348 e. The lowest BCUT2D eigenvalue weighted by molar-refractivity contribution is -0.131. The number of nitrogens with zero attached hydrogens (tertiary/aromatic N) is 10. The van der Waals surface area contributed by atoms with Gasteiger partial charge in [-0.2, -0.15) is 10.2 Å². The van der Waals surface area contributed by atoms with Gasteiger partial charge in [-0.25, -0.2) is 29.5 Å². The van der Waals surface area contributed by atoms with Gasteiger partial charge in [0.15, 0.2) is 34.0 Å². The first-order valence-electron chi connectivity index (χ1n) is 15.1. The molecule has 55 heavy (non-hydrogen) atoms. The topological polar surface area (TPSA) is 311 Å². The second kappa shape index (κ2) is 22.5. The number of halogens is 4. The number of primary amides is 2. The van der Waals surface area contributed by atoms with Crippen LogP contribution in [0.2, 0.25) is 0 Å². The van der Waals surface area contributed by atoms with E-state index in [0.717, 1.165) is 11.1 Å². The Morgan fingerprint density at radius 2 is 1.31 bits per heavy atom. The van der Waals surface area contributed by atoms with Crippen molar-refractivity contribution in [2.24, 2.45) is 11.5 Å². The number of urea groups is 1. The van der Waals surface area contributed by atoms with Crippen LogP contribution in [0.5, 0.6) is 11.8 Å². The smallest absolute Gasteiger partial charge is 0.348 e. The maximum atomic E-state index is 11.6. The van der Waals surface area contributed by atoms with Crippen molar-refractivity contribution in [3.63, 3.8) is 0 Å². The van der Waals surface area contributed by atoms with Gasteiger partial charge in [-0.3, -0.25) is 19.1 Å². The molecular formula is C30H37Br2I2N15O6. The molecule has 5 heterocycles. The highest BCUT2D eigenvalue weighted by Gasteiger charge is 2.15. The third kappa shape index (κ3) is 14.4. The monoisotopic (exact) mass is 1110 g/mol. The van der Waals surface area contributed by atoms with Crippen LogP contribution in [0, 0.1) is 11.3 Å². The van der Waals surface area contributed by atoms with Gasteiger partial charge in [0.05, 0.1) is 13.1 Å². The second-order valence-electron chi connectivity index (χ2n) is 11.0. The summed E-state index contributed by atoms with van der Waals surface area (Å²) in [4.78, 5) is 69.4. The van der Waals surface area contributed by atoms with Gasteiger partial charge in [-0.1, -0.05) is 12.1 Å². The summed E-state index contributed by atoms with van der Waals surface area (Å²) in [5.41, 5.74) is 22.2. The number of nitrogens with one attached hydrogen (secondary N) is 1. The Hall–Kier alpha value is -4.82. The summed E-state index contributed by atoms with van der Waals surface area (Å²) >= 11 is 10.9. The SMILES string of the molecule is CN(C)C(=O)COc1ccc(Cn2c(Br)nc(C#N)c2N)cn1.CN(C)C(=O)COc1ccc(Cn2c(Br)nc3c(N)[nH]c(=O)nc32)cn1.II.NC(N)=O.[HH]. The predicted octanol–water partition coefficient (Wildman–Crippen LogP) is 2.43. The van der Waals surface area contributed by atoms with Crippen LogP contribution in [0.1, 0.15) is 18.2 Å². The molecule has 0 spiro atoms. The van der Waals surface area contributed by atoms with Crippen LogP contribution in [0.15, 0.2) is 50.9 Å². The summed E-state index contributed by atoms with van der Waals surface area (Å²) in [6.45, 7) is 0.635. The molecule has 0 bridgehead atoms. The zero-order valence-electron chi connectivity index (χ0n) is 29.5. The van der Waals surface area contributed by atoms with Crippen LogP contribution in [-0.2, 0) is 22.7 Å². The maximum absolute atomic E-state index is 11.6. The van der Waals surface area contributed by atoms with Crippen LogP contribution in [0.3, 0.4) is 0 Å². The minimum atomic E-state index is -0.833. The largest absolute Gasteiger partial charge is 0.468 e. The summed E-state index contributed by atoms with van der Waals surface area (Å²) in [7, 11) is 6.62. The van der Waals surface area contributed by atoms with Crippen molar-refractivity contribution in [1.29, 1.82) is 5.26 Å². The number of nitrogens with two attached hydrogens (primary N) is 4. The molecule has 0 atom stereocenters. The molecule has 9 N–H and O–H groups in total. The lowest BCUT2D eigenvalue weighted by Crippen LogP contribution is -2.27. The molecule has 5 aromatic heterocycles. The average molecular weight is 1120 g/mol. The highest BCUT2D eigenvalue weighted by atomic mass is 128. The number of anilines is 2.